The fraction of sp³-hybridized carbons (Fsp3) is 0.222. The van der Waals surface area contributed by atoms with Gasteiger partial charge in [-0.25, -0.2) is 5.01 Å². The molecule has 3 unspecified atom stereocenters. The summed E-state index contributed by atoms with van der Waals surface area (Å²) in [7, 11) is 0. The van der Waals surface area contributed by atoms with E-state index in [1.165, 1.54) is 11.1 Å². The van der Waals surface area contributed by atoms with Gasteiger partial charge in [-0.2, -0.15) is 5.10 Å². The molecule has 0 saturated heterocycles. The molecular weight excluding hydrogens is 544 g/mol. The van der Waals surface area contributed by atoms with Gasteiger partial charge in [-0.15, -0.1) is 0 Å². The number of ether oxygens (including phenoxy) is 1. The van der Waals surface area contributed by atoms with Crippen LogP contribution in [0.15, 0.2) is 86.3 Å². The van der Waals surface area contributed by atoms with E-state index < -0.39 is 0 Å². The molecule has 33 heavy (non-hydrogen) atoms. The summed E-state index contributed by atoms with van der Waals surface area (Å²) in [4.78, 5) is 0. The Labute approximate surface area is 209 Å². The highest BCUT2D eigenvalue weighted by Crippen LogP contribution is 2.53. The minimum atomic E-state index is -0.275. The number of benzene rings is 3. The Morgan fingerprint density at radius 1 is 1.00 bits per heavy atom. The number of phenolic OH excluding ortho intramolecular Hbond substituents is 1. The fourth-order valence-corrected chi connectivity index (χ4v) is 5.99. The first-order valence-electron chi connectivity index (χ1n) is 11.2. The number of hydrogen-bond acceptors (Lipinski definition) is 4. The van der Waals surface area contributed by atoms with Crippen molar-refractivity contribution in [3.63, 3.8) is 0 Å². The lowest BCUT2D eigenvalue weighted by Gasteiger charge is -2.40. The lowest BCUT2D eigenvalue weighted by atomic mass is 9.77. The smallest absolute Gasteiger partial charge is 0.213 e. The molecule has 1 fully saturated rings. The monoisotopic (exact) mass is 564 g/mol. The molecule has 1 aliphatic carbocycles. The van der Waals surface area contributed by atoms with Crippen LogP contribution in [0.25, 0.3) is 6.08 Å². The second kappa shape index (κ2) is 8.33. The summed E-state index contributed by atoms with van der Waals surface area (Å²) < 4.78 is 8.50. The Kier molecular flexibility index (Phi) is 5.30. The van der Waals surface area contributed by atoms with Crippen molar-refractivity contribution in [3.05, 3.63) is 97.9 Å². The molecule has 0 radical (unpaired) electrons. The zero-order chi connectivity index (χ0) is 22.5. The van der Waals surface area contributed by atoms with Gasteiger partial charge in [0.05, 0.1) is 11.8 Å². The van der Waals surface area contributed by atoms with Crippen LogP contribution in [0.2, 0.25) is 0 Å². The summed E-state index contributed by atoms with van der Waals surface area (Å²) in [6.45, 7) is 0. The maximum Gasteiger partial charge on any atom is 0.213 e. The van der Waals surface area contributed by atoms with Gasteiger partial charge in [-0.1, -0.05) is 62.2 Å². The predicted molar refractivity (Wildman–Crippen MR) is 137 cm³/mol. The molecule has 6 heteroatoms. The molecule has 0 aromatic heterocycles. The van der Waals surface area contributed by atoms with Gasteiger partial charge in [-0.05, 0) is 67.3 Å². The summed E-state index contributed by atoms with van der Waals surface area (Å²) in [6.07, 6.45) is 4.95. The van der Waals surface area contributed by atoms with Crippen LogP contribution in [0.5, 0.6) is 11.5 Å². The van der Waals surface area contributed by atoms with E-state index in [2.05, 4.69) is 67.2 Å². The highest BCUT2D eigenvalue weighted by Gasteiger charge is 2.48. The van der Waals surface area contributed by atoms with Crippen molar-refractivity contribution in [3.8, 4) is 11.5 Å². The molecule has 4 nitrogen and oxygen atoms in total. The van der Waals surface area contributed by atoms with Gasteiger partial charge in [0.15, 0.2) is 0 Å². The first kappa shape index (κ1) is 21.0. The van der Waals surface area contributed by atoms with Crippen molar-refractivity contribution in [2.45, 2.75) is 31.5 Å². The molecular formula is C27H22Br2N2O2. The Balaban J connectivity index is 1.48. The topological polar surface area (TPSA) is 45.1 Å². The number of phenols is 1. The van der Waals surface area contributed by atoms with Crippen LogP contribution in [-0.2, 0) is 0 Å². The summed E-state index contributed by atoms with van der Waals surface area (Å²) >= 11 is 7.18. The number of rotatable bonds is 2. The Bertz CT molecular complexity index is 1290. The van der Waals surface area contributed by atoms with Crippen LogP contribution < -0.4 is 4.74 Å². The number of allylic oxidation sites excluding steroid dienone is 1. The van der Waals surface area contributed by atoms with Gasteiger partial charge in [0.25, 0.3) is 0 Å². The van der Waals surface area contributed by atoms with Crippen LogP contribution in [0.4, 0.5) is 0 Å². The van der Waals surface area contributed by atoms with Gasteiger partial charge in [-0.3, -0.25) is 0 Å². The highest BCUT2D eigenvalue weighted by molar-refractivity contribution is 9.10. The molecule has 1 N–H and O–H groups in total. The summed E-state index contributed by atoms with van der Waals surface area (Å²) in [5.41, 5.74) is 5.38. The summed E-state index contributed by atoms with van der Waals surface area (Å²) in [6, 6.07) is 22.2. The second-order valence-electron chi connectivity index (χ2n) is 8.74. The van der Waals surface area contributed by atoms with Crippen molar-refractivity contribution in [2.24, 2.45) is 11.0 Å². The van der Waals surface area contributed by atoms with Crippen molar-refractivity contribution >= 4 is 43.6 Å². The maximum atomic E-state index is 10.4. The molecule has 0 bridgehead atoms. The Morgan fingerprint density at radius 2 is 1.79 bits per heavy atom. The molecule has 2 heterocycles. The van der Waals surface area contributed by atoms with Crippen molar-refractivity contribution in [1.29, 1.82) is 0 Å². The minimum absolute atomic E-state index is 0.117. The zero-order valence-electron chi connectivity index (χ0n) is 17.8. The molecule has 3 aliphatic rings. The Hall–Kier alpha value is -2.57. The third-order valence-corrected chi connectivity index (χ3v) is 7.69. The van der Waals surface area contributed by atoms with Gasteiger partial charge >= 0.3 is 0 Å². The van der Waals surface area contributed by atoms with Gasteiger partial charge in [0, 0.05) is 31.6 Å². The third kappa shape index (κ3) is 3.69. The van der Waals surface area contributed by atoms with E-state index in [9.17, 15) is 5.11 Å². The largest absolute Gasteiger partial charge is 0.507 e. The maximum absolute atomic E-state index is 10.4. The number of fused-ring (bicyclic) bond motifs is 5. The van der Waals surface area contributed by atoms with E-state index in [1.807, 2.05) is 36.4 Å². The van der Waals surface area contributed by atoms with Crippen molar-refractivity contribution in [2.75, 3.05) is 0 Å². The predicted octanol–water partition coefficient (Wildman–Crippen LogP) is 7.60. The SMILES string of the molecule is Oc1ccc(Br)cc1/C=C1\CCCC2C1=NN1C(c3ccccc3)Oc3ccc(Br)cc3C21. The van der Waals surface area contributed by atoms with Crippen molar-refractivity contribution < 1.29 is 9.84 Å². The average Bonchev–Trinajstić information content (AvgIpc) is 3.22. The molecule has 1 saturated carbocycles. The highest BCUT2D eigenvalue weighted by atomic mass is 79.9. The van der Waals surface area contributed by atoms with E-state index in [-0.39, 0.29) is 23.9 Å². The number of hydrazone groups is 1. The lowest BCUT2D eigenvalue weighted by Crippen LogP contribution is -2.36. The van der Waals surface area contributed by atoms with E-state index in [0.717, 1.165) is 50.8 Å². The molecule has 0 spiro atoms. The van der Waals surface area contributed by atoms with E-state index >= 15 is 0 Å². The molecule has 2 aliphatic heterocycles. The zero-order valence-corrected chi connectivity index (χ0v) is 21.0. The van der Waals surface area contributed by atoms with Gasteiger partial charge in [0.2, 0.25) is 6.23 Å². The van der Waals surface area contributed by atoms with E-state index in [0.29, 0.717) is 0 Å². The number of hydrogen-bond donors (Lipinski definition) is 1. The number of nitrogens with zero attached hydrogens (tertiary/aromatic N) is 2. The Morgan fingerprint density at radius 3 is 2.64 bits per heavy atom. The number of aromatic hydroxyl groups is 1. The quantitative estimate of drug-likeness (QED) is 0.348. The van der Waals surface area contributed by atoms with Crippen LogP contribution in [0, 0.1) is 5.92 Å². The van der Waals surface area contributed by atoms with E-state index in [4.69, 9.17) is 9.84 Å². The summed E-state index contributed by atoms with van der Waals surface area (Å²) in [5, 5.41) is 17.8. The molecule has 3 aromatic carbocycles. The number of halogens is 2. The molecule has 0 amide bonds. The van der Waals surface area contributed by atoms with Crippen LogP contribution in [0.3, 0.4) is 0 Å². The van der Waals surface area contributed by atoms with Gasteiger partial charge in [0.1, 0.15) is 11.5 Å². The van der Waals surface area contributed by atoms with Gasteiger partial charge < -0.3 is 9.84 Å². The molecule has 3 atom stereocenters. The third-order valence-electron chi connectivity index (χ3n) is 6.70. The first-order valence-corrected chi connectivity index (χ1v) is 12.7. The summed E-state index contributed by atoms with van der Waals surface area (Å²) in [5.74, 6) is 1.48. The lowest BCUT2D eigenvalue weighted by molar-refractivity contribution is -0.0293. The molecule has 6 rings (SSSR count). The normalized spacial score (nSPS) is 24.5. The minimum Gasteiger partial charge on any atom is -0.507 e. The molecule has 166 valence electrons. The van der Waals surface area contributed by atoms with Crippen LogP contribution in [-0.4, -0.2) is 15.8 Å². The first-order chi connectivity index (χ1) is 16.1. The fourth-order valence-electron chi connectivity index (χ4n) is 5.23. The average molecular weight is 566 g/mol. The standard InChI is InChI=1S/C27H22Br2N2O2/c28-19-9-11-23(32)18(14-19)13-17-7-4-8-21-25(17)30-31-26(21)22-15-20(29)10-12-24(22)33-27(31)16-5-2-1-3-6-16/h1-3,5-6,9-15,21,26-27,32H,4,7-8H2/b17-13+. The van der Waals surface area contributed by atoms with Crippen molar-refractivity contribution in [1.82, 2.24) is 5.01 Å². The second-order valence-corrected chi connectivity index (χ2v) is 10.6. The molecule has 3 aromatic rings. The van der Waals surface area contributed by atoms with Crippen LogP contribution in [0.1, 0.15) is 48.2 Å². The van der Waals surface area contributed by atoms with Crippen LogP contribution >= 0.6 is 31.9 Å². The van der Waals surface area contributed by atoms with E-state index in [1.54, 1.807) is 6.07 Å².